The van der Waals surface area contributed by atoms with Gasteiger partial charge in [-0.05, 0) is 42.2 Å². The Morgan fingerprint density at radius 2 is 2.00 bits per heavy atom. The highest BCUT2D eigenvalue weighted by atomic mass is 16.5. The molecule has 0 bridgehead atoms. The molecule has 1 spiro atoms. The zero-order chi connectivity index (χ0) is 16.0. The maximum atomic E-state index is 12.9. The Morgan fingerprint density at radius 3 is 2.74 bits per heavy atom. The van der Waals surface area contributed by atoms with Crippen LogP contribution in [0.1, 0.15) is 30.1 Å². The summed E-state index contributed by atoms with van der Waals surface area (Å²) in [5.74, 6) is 0.365. The van der Waals surface area contributed by atoms with Crippen LogP contribution in [0.4, 0.5) is 5.69 Å². The second-order valence-corrected chi connectivity index (χ2v) is 6.40. The number of hydrogen-bond acceptors (Lipinski definition) is 3. The van der Waals surface area contributed by atoms with E-state index < -0.39 is 6.10 Å². The van der Waals surface area contributed by atoms with Crippen molar-refractivity contribution < 1.29 is 14.6 Å². The van der Waals surface area contributed by atoms with E-state index in [9.17, 15) is 9.90 Å². The lowest BCUT2D eigenvalue weighted by Crippen LogP contribution is -2.35. The van der Waals surface area contributed by atoms with Gasteiger partial charge in [0, 0.05) is 17.6 Å². The molecule has 1 aliphatic carbocycles. The van der Waals surface area contributed by atoms with Gasteiger partial charge in [-0.25, -0.2) is 0 Å². The zero-order valence-electron chi connectivity index (χ0n) is 13.0. The third-order valence-electron chi connectivity index (χ3n) is 4.99. The fraction of sp³-hybridized carbons (Fsp3) is 0.316. The van der Waals surface area contributed by atoms with Crippen molar-refractivity contribution in [3.05, 3.63) is 59.7 Å². The van der Waals surface area contributed by atoms with E-state index >= 15 is 0 Å². The van der Waals surface area contributed by atoms with Crippen molar-refractivity contribution in [3.8, 4) is 5.75 Å². The van der Waals surface area contributed by atoms with E-state index in [1.54, 1.807) is 36.3 Å². The van der Waals surface area contributed by atoms with Gasteiger partial charge in [-0.2, -0.15) is 0 Å². The lowest BCUT2D eigenvalue weighted by molar-refractivity contribution is -0.126. The smallest absolute Gasteiger partial charge is 0.260 e. The van der Waals surface area contributed by atoms with Crippen LogP contribution < -0.4 is 9.64 Å². The summed E-state index contributed by atoms with van der Waals surface area (Å²) in [5.41, 5.74) is 2.87. The van der Waals surface area contributed by atoms with E-state index in [4.69, 9.17) is 4.74 Å². The minimum atomic E-state index is -1.17. The predicted octanol–water partition coefficient (Wildman–Crippen LogP) is 2.81. The lowest BCUT2D eigenvalue weighted by Gasteiger charge is -2.21. The molecule has 1 fully saturated rings. The first kappa shape index (κ1) is 14.3. The van der Waals surface area contributed by atoms with E-state index in [0.29, 0.717) is 17.9 Å². The normalized spacial score (nSPS) is 18.6. The molecule has 1 amide bonds. The molecule has 4 heteroatoms. The first-order chi connectivity index (χ1) is 11.1. The first-order valence-corrected chi connectivity index (χ1v) is 7.87. The van der Waals surface area contributed by atoms with Gasteiger partial charge in [0.1, 0.15) is 5.75 Å². The fourth-order valence-electron chi connectivity index (χ4n) is 3.51. The predicted molar refractivity (Wildman–Crippen MR) is 87.7 cm³/mol. The van der Waals surface area contributed by atoms with Gasteiger partial charge >= 0.3 is 0 Å². The zero-order valence-corrected chi connectivity index (χ0v) is 13.0. The van der Waals surface area contributed by atoms with Gasteiger partial charge in [0.25, 0.3) is 5.91 Å². The molecule has 1 N–H and O–H groups in total. The SMILES string of the molecule is COc1cccc(C(O)C(=O)N2CC3(CC3)c3ccccc32)c1. The molecular weight excluding hydrogens is 290 g/mol. The van der Waals surface area contributed by atoms with Crippen LogP contribution in [-0.4, -0.2) is 24.7 Å². The maximum Gasteiger partial charge on any atom is 0.260 e. The van der Waals surface area contributed by atoms with Crippen LogP contribution in [-0.2, 0) is 10.2 Å². The van der Waals surface area contributed by atoms with Crippen LogP contribution in [0, 0.1) is 0 Å². The van der Waals surface area contributed by atoms with E-state index in [2.05, 4.69) is 6.07 Å². The van der Waals surface area contributed by atoms with Crippen molar-refractivity contribution in [2.45, 2.75) is 24.4 Å². The van der Waals surface area contributed by atoms with E-state index in [-0.39, 0.29) is 11.3 Å². The minimum Gasteiger partial charge on any atom is -0.497 e. The number of rotatable bonds is 3. The van der Waals surface area contributed by atoms with Gasteiger partial charge in [0.2, 0.25) is 0 Å². The number of carbonyl (C=O) groups is 1. The van der Waals surface area contributed by atoms with Crippen LogP contribution in [0.15, 0.2) is 48.5 Å². The van der Waals surface area contributed by atoms with E-state index in [1.807, 2.05) is 18.2 Å². The molecular formula is C19H19NO3. The molecule has 1 unspecified atom stereocenters. The molecule has 2 aromatic carbocycles. The molecule has 1 heterocycles. The highest BCUT2D eigenvalue weighted by molar-refractivity contribution is 5.99. The van der Waals surface area contributed by atoms with Crippen molar-refractivity contribution in [3.63, 3.8) is 0 Å². The van der Waals surface area contributed by atoms with Gasteiger partial charge in [-0.15, -0.1) is 0 Å². The standard InChI is InChI=1S/C19H19NO3/c1-23-14-6-4-5-13(11-14)17(21)18(22)20-12-19(9-10-19)15-7-2-3-8-16(15)20/h2-8,11,17,21H,9-10,12H2,1H3. The number of carbonyl (C=O) groups excluding carboxylic acids is 1. The van der Waals surface area contributed by atoms with Gasteiger partial charge in [0.05, 0.1) is 7.11 Å². The number of ether oxygens (including phenoxy) is 1. The molecule has 4 nitrogen and oxygen atoms in total. The van der Waals surface area contributed by atoms with E-state index in [0.717, 1.165) is 18.5 Å². The number of aliphatic hydroxyl groups is 1. The highest BCUT2D eigenvalue weighted by Crippen LogP contribution is 2.56. The van der Waals surface area contributed by atoms with Gasteiger partial charge < -0.3 is 14.7 Å². The summed E-state index contributed by atoms with van der Waals surface area (Å²) < 4.78 is 5.17. The summed E-state index contributed by atoms with van der Waals surface area (Å²) in [4.78, 5) is 14.6. The number of nitrogens with zero attached hydrogens (tertiary/aromatic N) is 1. The van der Waals surface area contributed by atoms with Gasteiger partial charge in [-0.3, -0.25) is 4.79 Å². The summed E-state index contributed by atoms with van der Waals surface area (Å²) in [5, 5.41) is 10.5. The van der Waals surface area contributed by atoms with Crippen LogP contribution in [0.3, 0.4) is 0 Å². The Balaban J connectivity index is 1.65. The molecule has 1 atom stereocenters. The average molecular weight is 309 g/mol. The maximum absolute atomic E-state index is 12.9. The minimum absolute atomic E-state index is 0.125. The Morgan fingerprint density at radius 1 is 1.22 bits per heavy atom. The molecule has 2 aliphatic rings. The van der Waals surface area contributed by atoms with Gasteiger partial charge in [0.15, 0.2) is 6.10 Å². The second-order valence-electron chi connectivity index (χ2n) is 6.40. The Hall–Kier alpha value is -2.33. The van der Waals surface area contributed by atoms with Crippen molar-refractivity contribution in [1.29, 1.82) is 0 Å². The number of para-hydroxylation sites is 1. The van der Waals surface area contributed by atoms with Crippen molar-refractivity contribution in [1.82, 2.24) is 0 Å². The highest BCUT2D eigenvalue weighted by Gasteiger charge is 2.53. The molecule has 0 saturated heterocycles. The summed E-state index contributed by atoms with van der Waals surface area (Å²) >= 11 is 0. The number of amides is 1. The largest absolute Gasteiger partial charge is 0.497 e. The third kappa shape index (κ3) is 2.21. The summed E-state index contributed by atoms with van der Waals surface area (Å²) in [6.07, 6.45) is 1.05. The topological polar surface area (TPSA) is 49.8 Å². The Bertz CT molecular complexity index is 767. The molecule has 1 aliphatic heterocycles. The number of aliphatic hydroxyl groups excluding tert-OH is 1. The Labute approximate surface area is 135 Å². The molecule has 1 saturated carbocycles. The average Bonchev–Trinajstić information content (AvgIpc) is 3.31. The number of anilines is 1. The monoisotopic (exact) mass is 309 g/mol. The van der Waals surface area contributed by atoms with Crippen molar-refractivity contribution in [2.75, 3.05) is 18.6 Å². The van der Waals surface area contributed by atoms with Crippen LogP contribution >= 0.6 is 0 Å². The molecule has 4 rings (SSSR count). The Kier molecular flexibility index (Phi) is 3.16. The van der Waals surface area contributed by atoms with Crippen LogP contribution in [0.5, 0.6) is 5.75 Å². The molecule has 0 radical (unpaired) electrons. The van der Waals surface area contributed by atoms with E-state index in [1.165, 1.54) is 5.56 Å². The van der Waals surface area contributed by atoms with Crippen molar-refractivity contribution >= 4 is 11.6 Å². The number of fused-ring (bicyclic) bond motifs is 2. The summed E-state index contributed by atoms with van der Waals surface area (Å²) in [6.45, 7) is 0.673. The molecule has 23 heavy (non-hydrogen) atoms. The summed E-state index contributed by atoms with van der Waals surface area (Å²) in [6, 6.07) is 15.1. The molecule has 2 aromatic rings. The van der Waals surface area contributed by atoms with Gasteiger partial charge in [-0.1, -0.05) is 30.3 Å². The molecule has 118 valence electrons. The quantitative estimate of drug-likeness (QED) is 0.948. The first-order valence-electron chi connectivity index (χ1n) is 7.87. The van der Waals surface area contributed by atoms with Crippen molar-refractivity contribution in [2.24, 2.45) is 0 Å². The molecule has 0 aromatic heterocycles. The number of methoxy groups -OCH3 is 1. The lowest BCUT2D eigenvalue weighted by atomic mass is 9.99. The third-order valence-corrected chi connectivity index (χ3v) is 4.99. The van der Waals surface area contributed by atoms with Crippen LogP contribution in [0.25, 0.3) is 0 Å². The van der Waals surface area contributed by atoms with Crippen LogP contribution in [0.2, 0.25) is 0 Å². The fourth-order valence-corrected chi connectivity index (χ4v) is 3.51. The summed E-state index contributed by atoms with van der Waals surface area (Å²) in [7, 11) is 1.57. The number of hydrogen-bond donors (Lipinski definition) is 1. The number of benzene rings is 2. The second kappa shape index (κ2) is 5.10.